The number of nitrogens with two attached hydrogens (primary N) is 1. The Kier molecular flexibility index (Phi) is 4.10. The van der Waals surface area contributed by atoms with Gasteiger partial charge in [-0.15, -0.1) is 5.10 Å². The summed E-state index contributed by atoms with van der Waals surface area (Å²) >= 11 is 0. The molecule has 0 bridgehead atoms. The Morgan fingerprint density at radius 3 is 2.32 bits per heavy atom. The van der Waals surface area contributed by atoms with Crippen LogP contribution in [0.25, 0.3) is 0 Å². The molecule has 1 aromatic heterocycles. The Bertz CT molecular complexity index is 411. The summed E-state index contributed by atoms with van der Waals surface area (Å²) in [5.74, 6) is 0.561. The first-order valence-corrected chi connectivity index (χ1v) is 6.98. The van der Waals surface area contributed by atoms with E-state index >= 15 is 0 Å². The Labute approximate surface area is 115 Å². The second-order valence-corrected chi connectivity index (χ2v) is 6.44. The molecule has 19 heavy (non-hydrogen) atoms. The molecule has 6 nitrogen and oxygen atoms in total. The van der Waals surface area contributed by atoms with Crippen LogP contribution < -0.4 is 5.73 Å². The molecule has 6 heteroatoms. The summed E-state index contributed by atoms with van der Waals surface area (Å²) in [4.78, 5) is 4.84. The lowest BCUT2D eigenvalue weighted by molar-refractivity contribution is 0.147. The van der Waals surface area contributed by atoms with Gasteiger partial charge in [0.05, 0.1) is 12.2 Å². The summed E-state index contributed by atoms with van der Waals surface area (Å²) in [6, 6.07) is 0. The molecule has 0 aliphatic carbocycles. The van der Waals surface area contributed by atoms with E-state index < -0.39 is 0 Å². The lowest BCUT2D eigenvalue weighted by atomic mass is 9.92. The highest BCUT2D eigenvalue weighted by Crippen LogP contribution is 2.25. The van der Waals surface area contributed by atoms with E-state index in [2.05, 4.69) is 47.9 Å². The molecule has 1 saturated heterocycles. The zero-order valence-corrected chi connectivity index (χ0v) is 12.6. The molecule has 2 heterocycles. The van der Waals surface area contributed by atoms with Crippen molar-refractivity contribution in [1.82, 2.24) is 24.8 Å². The molecular formula is C13H26N6. The summed E-state index contributed by atoms with van der Waals surface area (Å²) in [5, 5.41) is 8.21. The highest BCUT2D eigenvalue weighted by atomic mass is 15.5. The lowest BCUT2D eigenvalue weighted by Crippen LogP contribution is -2.45. The van der Waals surface area contributed by atoms with Gasteiger partial charge in [-0.2, -0.15) is 0 Å². The molecule has 1 fully saturated rings. The molecule has 0 amide bonds. The quantitative estimate of drug-likeness (QED) is 0.858. The van der Waals surface area contributed by atoms with E-state index in [1.807, 2.05) is 4.68 Å². The molecule has 0 aromatic carbocycles. The SMILES string of the molecule is CN1CCN(CCn2nnc(N)c2C(C)(C)C)CC1. The van der Waals surface area contributed by atoms with Gasteiger partial charge < -0.3 is 10.6 Å². The highest BCUT2D eigenvalue weighted by molar-refractivity contribution is 5.37. The predicted octanol–water partition coefficient (Wildman–Crippen LogP) is 0.405. The molecule has 1 aliphatic heterocycles. The molecule has 1 aromatic rings. The van der Waals surface area contributed by atoms with Crippen LogP contribution in [0.1, 0.15) is 26.5 Å². The van der Waals surface area contributed by atoms with Crippen LogP contribution in [0.15, 0.2) is 0 Å². The van der Waals surface area contributed by atoms with E-state index in [0.29, 0.717) is 5.82 Å². The first-order chi connectivity index (χ1) is 8.88. The van der Waals surface area contributed by atoms with E-state index in [1.165, 1.54) is 0 Å². The van der Waals surface area contributed by atoms with Crippen molar-refractivity contribution in [3.05, 3.63) is 5.69 Å². The summed E-state index contributed by atoms with van der Waals surface area (Å²) in [6.45, 7) is 12.9. The van der Waals surface area contributed by atoms with Crippen LogP contribution in [-0.4, -0.2) is 64.6 Å². The second-order valence-electron chi connectivity index (χ2n) is 6.44. The number of hydrogen-bond acceptors (Lipinski definition) is 5. The first kappa shape index (κ1) is 14.3. The average Bonchev–Trinajstić information content (AvgIpc) is 2.69. The van der Waals surface area contributed by atoms with Gasteiger partial charge in [0.25, 0.3) is 0 Å². The smallest absolute Gasteiger partial charge is 0.169 e. The van der Waals surface area contributed by atoms with E-state index in [1.54, 1.807) is 0 Å². The van der Waals surface area contributed by atoms with E-state index in [9.17, 15) is 0 Å². The zero-order valence-electron chi connectivity index (χ0n) is 12.6. The van der Waals surface area contributed by atoms with Gasteiger partial charge in [-0.3, -0.25) is 4.90 Å². The van der Waals surface area contributed by atoms with Crippen molar-refractivity contribution in [2.24, 2.45) is 0 Å². The van der Waals surface area contributed by atoms with Crippen molar-refractivity contribution in [3.63, 3.8) is 0 Å². The zero-order chi connectivity index (χ0) is 14.0. The van der Waals surface area contributed by atoms with Gasteiger partial charge in [-0.05, 0) is 7.05 Å². The molecule has 108 valence electrons. The average molecular weight is 266 g/mol. The highest BCUT2D eigenvalue weighted by Gasteiger charge is 2.24. The first-order valence-electron chi connectivity index (χ1n) is 6.98. The van der Waals surface area contributed by atoms with Crippen molar-refractivity contribution >= 4 is 5.82 Å². The minimum Gasteiger partial charge on any atom is -0.381 e. The molecule has 1 aliphatic rings. The number of aromatic nitrogens is 3. The molecule has 2 rings (SSSR count). The van der Waals surface area contributed by atoms with Crippen LogP contribution in [0.2, 0.25) is 0 Å². The maximum absolute atomic E-state index is 5.94. The van der Waals surface area contributed by atoms with E-state index in [0.717, 1.165) is 45.0 Å². The molecule has 0 atom stereocenters. The van der Waals surface area contributed by atoms with Crippen molar-refractivity contribution in [1.29, 1.82) is 0 Å². The van der Waals surface area contributed by atoms with Gasteiger partial charge in [-0.25, -0.2) is 4.68 Å². The van der Waals surface area contributed by atoms with Crippen molar-refractivity contribution in [2.45, 2.75) is 32.7 Å². The second kappa shape index (κ2) is 5.46. The normalized spacial score (nSPS) is 18.9. The number of rotatable bonds is 3. The van der Waals surface area contributed by atoms with Crippen LogP contribution in [-0.2, 0) is 12.0 Å². The van der Waals surface area contributed by atoms with Gasteiger partial charge in [0.15, 0.2) is 5.82 Å². The fourth-order valence-corrected chi connectivity index (χ4v) is 2.56. The molecule has 0 radical (unpaired) electrons. The Hall–Kier alpha value is -1.14. The maximum atomic E-state index is 5.94. The van der Waals surface area contributed by atoms with Crippen LogP contribution in [0.4, 0.5) is 5.82 Å². The number of hydrogen-bond donors (Lipinski definition) is 1. The lowest BCUT2D eigenvalue weighted by Gasteiger charge is -2.32. The minimum absolute atomic E-state index is 0.0182. The van der Waals surface area contributed by atoms with Gasteiger partial charge in [0.2, 0.25) is 0 Å². The molecule has 2 N–H and O–H groups in total. The van der Waals surface area contributed by atoms with Crippen molar-refractivity contribution in [3.8, 4) is 0 Å². The third-order valence-corrected chi connectivity index (χ3v) is 3.70. The fourth-order valence-electron chi connectivity index (χ4n) is 2.56. The predicted molar refractivity (Wildman–Crippen MR) is 77.1 cm³/mol. The fraction of sp³-hybridized carbons (Fsp3) is 0.846. The standard InChI is InChI=1S/C13H26N6/c1-13(2,3)11-12(14)15-16-19(11)10-9-18-7-5-17(4)6-8-18/h5-10,14H2,1-4H3. The number of anilines is 1. The van der Waals surface area contributed by atoms with Crippen molar-refractivity contribution in [2.75, 3.05) is 45.5 Å². The Morgan fingerprint density at radius 2 is 1.74 bits per heavy atom. The summed E-state index contributed by atoms with van der Waals surface area (Å²) in [7, 11) is 2.17. The van der Waals surface area contributed by atoms with Gasteiger partial charge in [0, 0.05) is 38.1 Å². The topological polar surface area (TPSA) is 63.2 Å². The van der Waals surface area contributed by atoms with Gasteiger partial charge in [0.1, 0.15) is 0 Å². The van der Waals surface area contributed by atoms with Gasteiger partial charge >= 0.3 is 0 Å². The summed E-state index contributed by atoms with van der Waals surface area (Å²) in [5.41, 5.74) is 6.96. The van der Waals surface area contributed by atoms with Crippen LogP contribution >= 0.6 is 0 Å². The summed E-state index contributed by atoms with van der Waals surface area (Å²) in [6.07, 6.45) is 0. The van der Waals surface area contributed by atoms with Crippen LogP contribution in [0.5, 0.6) is 0 Å². The van der Waals surface area contributed by atoms with Gasteiger partial charge in [-0.1, -0.05) is 26.0 Å². The third kappa shape index (κ3) is 3.45. The van der Waals surface area contributed by atoms with Crippen LogP contribution in [0.3, 0.4) is 0 Å². The number of nitrogens with zero attached hydrogens (tertiary/aromatic N) is 5. The number of likely N-dealkylation sites (N-methyl/N-ethyl adjacent to an activating group) is 1. The van der Waals surface area contributed by atoms with Crippen molar-refractivity contribution < 1.29 is 0 Å². The molecule has 0 spiro atoms. The molecule has 0 saturated carbocycles. The minimum atomic E-state index is -0.0182. The molecular weight excluding hydrogens is 240 g/mol. The maximum Gasteiger partial charge on any atom is 0.169 e. The monoisotopic (exact) mass is 266 g/mol. The number of piperazine rings is 1. The summed E-state index contributed by atoms with van der Waals surface area (Å²) < 4.78 is 1.97. The van der Waals surface area contributed by atoms with Crippen LogP contribution in [0, 0.1) is 0 Å². The van der Waals surface area contributed by atoms with E-state index in [-0.39, 0.29) is 5.41 Å². The molecule has 0 unspecified atom stereocenters. The number of nitrogen functional groups attached to an aromatic ring is 1. The Morgan fingerprint density at radius 1 is 1.11 bits per heavy atom. The largest absolute Gasteiger partial charge is 0.381 e. The Balaban J connectivity index is 1.97. The third-order valence-electron chi connectivity index (χ3n) is 3.70. The van der Waals surface area contributed by atoms with E-state index in [4.69, 9.17) is 5.73 Å².